The summed E-state index contributed by atoms with van der Waals surface area (Å²) in [6.07, 6.45) is 0. The molecule has 0 aliphatic rings. The summed E-state index contributed by atoms with van der Waals surface area (Å²) >= 11 is 0. The van der Waals surface area contributed by atoms with E-state index in [-0.39, 0.29) is 17.1 Å². The van der Waals surface area contributed by atoms with Gasteiger partial charge in [-0.15, -0.1) is 0 Å². The first-order valence-electron chi connectivity index (χ1n) is 7.04. The molecule has 0 aromatic heterocycles. The summed E-state index contributed by atoms with van der Waals surface area (Å²) in [5, 5.41) is 0. The minimum absolute atomic E-state index is 0. The number of alkyl halides is 6. The molecule has 0 aliphatic carbocycles. The molecule has 29 heavy (non-hydrogen) atoms. The summed E-state index contributed by atoms with van der Waals surface area (Å²) in [4.78, 5) is 6.79. The molecule has 9 nitrogen and oxygen atoms in total. The fourth-order valence-corrected chi connectivity index (χ4v) is 0.853. The maximum atomic E-state index is 10.7. The predicted octanol–water partition coefficient (Wildman–Crippen LogP) is 0.142. The van der Waals surface area contributed by atoms with E-state index in [0.29, 0.717) is 0 Å². The number of halogens is 6. The van der Waals surface area contributed by atoms with Crippen molar-refractivity contribution in [3.8, 4) is 0 Å². The second-order valence-electron chi connectivity index (χ2n) is 5.71. The van der Waals surface area contributed by atoms with E-state index in [9.17, 15) is 26.3 Å². The Morgan fingerprint density at radius 2 is 0.793 bits per heavy atom. The largest absolute Gasteiger partial charge is 5.00 e. The van der Waals surface area contributed by atoms with E-state index < -0.39 is 31.3 Å². The van der Waals surface area contributed by atoms with Crippen LogP contribution in [0.4, 0.5) is 26.3 Å². The van der Waals surface area contributed by atoms with Gasteiger partial charge in [0.1, 0.15) is 0 Å². The van der Waals surface area contributed by atoms with E-state index in [1.807, 2.05) is 0 Å². The molecule has 0 bridgehead atoms. The molecule has 0 fully saturated rings. The van der Waals surface area contributed by atoms with E-state index in [1.165, 1.54) is 0 Å². The van der Waals surface area contributed by atoms with Gasteiger partial charge in [-0.25, -0.2) is 16.8 Å². The third kappa shape index (κ3) is 23.9. The zero-order valence-corrected chi connectivity index (χ0v) is 18.8. The average molecular weight is 527 g/mol. The van der Waals surface area contributed by atoms with Gasteiger partial charge in [0.2, 0.25) is 0 Å². The van der Waals surface area contributed by atoms with Crippen LogP contribution < -0.4 is 0 Å². The molecule has 177 valence electrons. The fourth-order valence-electron chi connectivity index (χ4n) is 0.853. The smallest absolute Gasteiger partial charge is 0.741 e. The molecular formula is C11H23F6FeN3O6S2+3. The number of nitrogens with zero attached hydrogens (tertiary/aromatic N) is 3. The van der Waals surface area contributed by atoms with Gasteiger partial charge >= 0.3 is 28.1 Å². The van der Waals surface area contributed by atoms with Crippen LogP contribution in [0.5, 0.6) is 0 Å². The first-order chi connectivity index (χ1) is 12.0. The number of likely N-dealkylation sites (N-methyl/N-ethyl adjacent to an activating group) is 3. The van der Waals surface area contributed by atoms with Crippen LogP contribution in [0.1, 0.15) is 0 Å². The van der Waals surface area contributed by atoms with Crippen molar-refractivity contribution >= 4 is 20.2 Å². The first kappa shape index (κ1) is 36.2. The molecule has 0 aliphatic heterocycles. The van der Waals surface area contributed by atoms with Crippen LogP contribution in [-0.2, 0) is 37.3 Å². The summed E-state index contributed by atoms with van der Waals surface area (Å²) < 4.78 is 118. The Bertz CT molecular complexity index is 572. The van der Waals surface area contributed by atoms with Gasteiger partial charge in [-0.05, 0) is 35.2 Å². The number of hydrogen-bond donors (Lipinski definition) is 0. The molecular weight excluding hydrogens is 504 g/mol. The normalized spacial score (nSPS) is 12.7. The van der Waals surface area contributed by atoms with Crippen molar-refractivity contribution in [1.82, 2.24) is 14.7 Å². The molecule has 0 amide bonds. The van der Waals surface area contributed by atoms with Gasteiger partial charge < -0.3 is 23.8 Å². The molecule has 18 heteroatoms. The van der Waals surface area contributed by atoms with Gasteiger partial charge in [0.25, 0.3) is 0 Å². The Hall–Kier alpha value is -0.201. The topological polar surface area (TPSA) is 124 Å². The summed E-state index contributed by atoms with van der Waals surface area (Å²) in [6.45, 7) is 4.59. The molecule has 0 spiro atoms. The van der Waals surface area contributed by atoms with Crippen LogP contribution in [0.25, 0.3) is 0 Å². The van der Waals surface area contributed by atoms with Crippen molar-refractivity contribution in [2.24, 2.45) is 0 Å². The third-order valence-corrected chi connectivity index (χ3v) is 3.56. The summed E-state index contributed by atoms with van der Waals surface area (Å²) in [6, 6.07) is 0. The average Bonchev–Trinajstić information content (AvgIpc) is 2.39. The van der Waals surface area contributed by atoms with Crippen LogP contribution in [0.15, 0.2) is 0 Å². The van der Waals surface area contributed by atoms with E-state index in [4.69, 9.17) is 25.9 Å². The van der Waals surface area contributed by atoms with Gasteiger partial charge in [-0.3, -0.25) is 0 Å². The summed E-state index contributed by atoms with van der Waals surface area (Å²) in [5.41, 5.74) is -11.3. The molecule has 0 aromatic carbocycles. The molecule has 0 saturated carbocycles. The first-order valence-corrected chi connectivity index (χ1v) is 9.86. The van der Waals surface area contributed by atoms with Gasteiger partial charge in [0.15, 0.2) is 20.2 Å². The fraction of sp³-hybridized carbons (Fsp3) is 1.00. The number of hydrogen-bond acceptors (Lipinski definition) is 9. The van der Waals surface area contributed by atoms with Crippen molar-refractivity contribution in [3.63, 3.8) is 0 Å². The SMILES string of the molecule is CN(C)CCN(C)CCN(C)C.O=S(=O)([O-])C(F)(F)F.O=S(=O)([O-])C(F)(F)F.[Fe+5]. The summed E-state index contributed by atoms with van der Waals surface area (Å²) in [7, 11) is -1.56. The van der Waals surface area contributed by atoms with E-state index >= 15 is 0 Å². The molecule has 0 N–H and O–H groups in total. The minimum atomic E-state index is -6.09. The Morgan fingerprint density at radius 3 is 0.897 bits per heavy atom. The van der Waals surface area contributed by atoms with E-state index in [1.54, 1.807) is 0 Å². The molecule has 0 atom stereocenters. The van der Waals surface area contributed by atoms with Crippen molar-refractivity contribution in [2.75, 3.05) is 61.4 Å². The van der Waals surface area contributed by atoms with Crippen LogP contribution in [0, 0.1) is 0 Å². The predicted molar refractivity (Wildman–Crippen MR) is 86.1 cm³/mol. The second-order valence-corrected chi connectivity index (χ2v) is 8.45. The van der Waals surface area contributed by atoms with E-state index in [2.05, 4.69) is 49.9 Å². The molecule has 0 rings (SSSR count). The van der Waals surface area contributed by atoms with Gasteiger partial charge in [0, 0.05) is 26.2 Å². The zero-order chi connectivity index (χ0) is 23.6. The monoisotopic (exact) mass is 527 g/mol. The van der Waals surface area contributed by atoms with Crippen molar-refractivity contribution in [3.05, 3.63) is 0 Å². The molecule has 0 heterocycles. The molecule has 0 aromatic rings. The van der Waals surface area contributed by atoms with Crippen molar-refractivity contribution < 1.29 is 69.4 Å². The molecule has 0 saturated heterocycles. The second kappa shape index (κ2) is 14.7. The van der Waals surface area contributed by atoms with Crippen molar-refractivity contribution in [2.45, 2.75) is 11.0 Å². The van der Waals surface area contributed by atoms with Crippen LogP contribution in [0.2, 0.25) is 0 Å². The van der Waals surface area contributed by atoms with E-state index in [0.717, 1.165) is 26.2 Å². The van der Waals surface area contributed by atoms with Gasteiger partial charge in [-0.2, -0.15) is 26.3 Å². The summed E-state index contributed by atoms with van der Waals surface area (Å²) in [5.74, 6) is 0. The third-order valence-electron chi connectivity index (χ3n) is 2.42. The molecule has 1 radical (unpaired) electrons. The van der Waals surface area contributed by atoms with Crippen LogP contribution in [0.3, 0.4) is 0 Å². The standard InChI is InChI=1S/C9H23N3.2CHF3O3S.Fe/c1-10(2)6-8-12(5)9-7-11(3)4;2*2-1(3,4)8(5,6)7;/h6-9H2,1-5H3;2*(H,5,6,7);/q;;;+5/p-2. The van der Waals surface area contributed by atoms with Gasteiger partial charge in [-0.1, -0.05) is 0 Å². The zero-order valence-electron chi connectivity index (χ0n) is 16.1. The minimum Gasteiger partial charge on any atom is -0.741 e. The Morgan fingerprint density at radius 1 is 0.621 bits per heavy atom. The van der Waals surface area contributed by atoms with Crippen molar-refractivity contribution in [1.29, 1.82) is 0 Å². The maximum Gasteiger partial charge on any atom is 5.00 e. The molecule has 0 unspecified atom stereocenters. The number of rotatable bonds is 6. The quantitative estimate of drug-likeness (QED) is 0.205. The van der Waals surface area contributed by atoms with Crippen LogP contribution >= 0.6 is 0 Å². The van der Waals surface area contributed by atoms with Crippen LogP contribution in [-0.4, -0.2) is 113 Å². The Balaban J connectivity index is -0.000000164. The Kier molecular flexibility index (Phi) is 18.4. The maximum absolute atomic E-state index is 10.7. The Labute approximate surface area is 177 Å². The van der Waals surface area contributed by atoms with Gasteiger partial charge in [0.05, 0.1) is 0 Å².